The summed E-state index contributed by atoms with van der Waals surface area (Å²) in [6.07, 6.45) is 4.67. The highest BCUT2D eigenvalue weighted by atomic mass is 35.5. The van der Waals surface area contributed by atoms with Gasteiger partial charge >= 0.3 is 0 Å². The summed E-state index contributed by atoms with van der Waals surface area (Å²) in [4.78, 5) is 24.5. The molecule has 0 bridgehead atoms. The van der Waals surface area contributed by atoms with E-state index in [0.717, 1.165) is 18.5 Å². The number of fused-ring (bicyclic) bond motifs is 1. The number of ether oxygens (including phenoxy) is 2. The number of rotatable bonds is 7. The molecule has 0 saturated carbocycles. The van der Waals surface area contributed by atoms with Crippen LogP contribution in [0.2, 0.25) is 5.02 Å². The molecule has 0 atom stereocenters. The second kappa shape index (κ2) is 10.5. The van der Waals surface area contributed by atoms with Crippen LogP contribution in [0.5, 0.6) is 11.5 Å². The Morgan fingerprint density at radius 3 is 2.74 bits per heavy atom. The van der Waals surface area contributed by atoms with Gasteiger partial charge in [-0.15, -0.1) is 0 Å². The number of pyridine rings is 2. The summed E-state index contributed by atoms with van der Waals surface area (Å²) in [7, 11) is 1.81. The van der Waals surface area contributed by atoms with E-state index in [1.54, 1.807) is 16.7 Å². The van der Waals surface area contributed by atoms with Gasteiger partial charge in [0.25, 0.3) is 0 Å². The number of hydrogen-bond donors (Lipinski definition) is 2. The Labute approximate surface area is 229 Å². The van der Waals surface area contributed by atoms with Gasteiger partial charge < -0.3 is 24.7 Å². The molecule has 1 aliphatic rings. The number of nitrogens with one attached hydrogen (secondary N) is 2. The minimum absolute atomic E-state index is 0.146. The summed E-state index contributed by atoms with van der Waals surface area (Å²) < 4.78 is 15.2. The summed E-state index contributed by atoms with van der Waals surface area (Å²) in [5, 5.41) is 20.8. The fourth-order valence-electron chi connectivity index (χ4n) is 4.45. The summed E-state index contributed by atoms with van der Waals surface area (Å²) in [5.74, 6) is 1.91. The first kappa shape index (κ1) is 26.4. The number of imidazole rings is 1. The van der Waals surface area contributed by atoms with Gasteiger partial charge in [0.05, 0.1) is 29.4 Å². The van der Waals surface area contributed by atoms with Gasteiger partial charge in [-0.25, -0.2) is 9.97 Å². The molecule has 0 unspecified atom stereocenters. The Hall–Kier alpha value is -4.21. The predicted octanol–water partition coefficient (Wildman–Crippen LogP) is 4.86. The second-order valence-corrected chi connectivity index (χ2v) is 10.2. The van der Waals surface area contributed by atoms with Gasteiger partial charge in [-0.1, -0.05) is 11.6 Å². The molecule has 4 aromatic rings. The standard InChI is InChI=1S/C26H28ClN9O3/c1-15(37)31-20-11-17(5-8-29-20)39-18-13-30-24-23(22(18)27)35(4)25(33-24)32-21-12-19(26(2,3)14-28)36(34-21)16-6-9-38-10-7-16/h5,8,11-13,16H,6-7,9-10H2,1-4H3,(H,29,31,37)(H,30,32,33,34). The van der Waals surface area contributed by atoms with E-state index in [-0.39, 0.29) is 11.9 Å². The molecule has 0 radical (unpaired) electrons. The van der Waals surface area contributed by atoms with Crippen LogP contribution in [0.15, 0.2) is 30.6 Å². The lowest BCUT2D eigenvalue weighted by Crippen LogP contribution is -2.27. The van der Waals surface area contributed by atoms with Crippen LogP contribution in [-0.2, 0) is 22.0 Å². The highest BCUT2D eigenvalue weighted by Crippen LogP contribution is 2.37. The van der Waals surface area contributed by atoms with Gasteiger partial charge in [-0.05, 0) is 32.8 Å². The molecule has 1 saturated heterocycles. The molecule has 0 aromatic carbocycles. The van der Waals surface area contributed by atoms with Crippen LogP contribution in [-0.4, -0.2) is 48.4 Å². The van der Waals surface area contributed by atoms with Crippen LogP contribution < -0.4 is 15.4 Å². The Morgan fingerprint density at radius 2 is 2.03 bits per heavy atom. The number of carbonyl (C=O) groups is 1. The van der Waals surface area contributed by atoms with Crippen molar-refractivity contribution in [2.75, 3.05) is 23.8 Å². The van der Waals surface area contributed by atoms with E-state index in [1.165, 1.54) is 19.3 Å². The van der Waals surface area contributed by atoms with E-state index in [0.29, 0.717) is 58.5 Å². The molecule has 0 spiro atoms. The van der Waals surface area contributed by atoms with Crippen molar-refractivity contribution in [2.24, 2.45) is 7.05 Å². The molecule has 1 amide bonds. The molecule has 12 nitrogen and oxygen atoms in total. The minimum Gasteiger partial charge on any atom is -0.454 e. The monoisotopic (exact) mass is 549 g/mol. The third-order valence-corrected chi connectivity index (χ3v) is 6.87. The molecule has 2 N–H and O–H groups in total. The van der Waals surface area contributed by atoms with Gasteiger partial charge in [0.15, 0.2) is 17.2 Å². The van der Waals surface area contributed by atoms with E-state index in [4.69, 9.17) is 26.2 Å². The lowest BCUT2D eigenvalue weighted by atomic mass is 9.90. The first-order chi connectivity index (χ1) is 18.7. The molecule has 1 fully saturated rings. The van der Waals surface area contributed by atoms with Gasteiger partial charge in [0.2, 0.25) is 11.9 Å². The van der Waals surface area contributed by atoms with Crippen LogP contribution in [0, 0.1) is 11.3 Å². The third kappa shape index (κ3) is 5.36. The number of amides is 1. The van der Waals surface area contributed by atoms with E-state index >= 15 is 0 Å². The van der Waals surface area contributed by atoms with Crippen molar-refractivity contribution in [2.45, 2.75) is 45.1 Å². The SMILES string of the molecule is CC(=O)Nc1cc(Oc2cnc3nc(Nc4cc(C(C)(C)C#N)n(C5CCOCC5)n4)n(C)c3c2Cl)ccn1. The Kier molecular flexibility index (Phi) is 7.12. The molecular weight excluding hydrogens is 522 g/mol. The lowest BCUT2D eigenvalue weighted by molar-refractivity contribution is -0.114. The zero-order chi connectivity index (χ0) is 27.7. The number of anilines is 3. The first-order valence-corrected chi connectivity index (χ1v) is 12.8. The van der Waals surface area contributed by atoms with E-state index < -0.39 is 5.41 Å². The normalized spacial score (nSPS) is 14.3. The summed E-state index contributed by atoms with van der Waals surface area (Å²) >= 11 is 6.74. The molecule has 1 aliphatic heterocycles. The Morgan fingerprint density at radius 1 is 1.26 bits per heavy atom. The molecule has 4 aromatic heterocycles. The van der Waals surface area contributed by atoms with Gasteiger partial charge in [-0.3, -0.25) is 9.48 Å². The Bertz CT molecular complexity index is 1580. The fourth-order valence-corrected chi connectivity index (χ4v) is 4.75. The summed E-state index contributed by atoms with van der Waals surface area (Å²) in [6, 6.07) is 7.66. The van der Waals surface area contributed by atoms with Crippen molar-refractivity contribution in [3.63, 3.8) is 0 Å². The van der Waals surface area contributed by atoms with Crippen LogP contribution in [0.25, 0.3) is 11.2 Å². The van der Waals surface area contributed by atoms with Crippen molar-refractivity contribution in [3.05, 3.63) is 41.3 Å². The maximum Gasteiger partial charge on any atom is 0.222 e. The van der Waals surface area contributed by atoms with Crippen LogP contribution in [0.1, 0.15) is 45.3 Å². The number of aromatic nitrogens is 6. The highest BCUT2D eigenvalue weighted by molar-refractivity contribution is 6.36. The fraction of sp³-hybridized carbons (Fsp3) is 0.385. The van der Waals surface area contributed by atoms with Gasteiger partial charge in [-0.2, -0.15) is 15.3 Å². The van der Waals surface area contributed by atoms with Crippen molar-refractivity contribution in [1.29, 1.82) is 5.26 Å². The second-order valence-electron chi connectivity index (χ2n) is 9.83. The number of hydrogen-bond acceptors (Lipinski definition) is 9. The van der Waals surface area contributed by atoms with Crippen LogP contribution >= 0.6 is 11.6 Å². The average molecular weight is 550 g/mol. The molecule has 39 heavy (non-hydrogen) atoms. The molecule has 5 rings (SSSR count). The highest BCUT2D eigenvalue weighted by Gasteiger charge is 2.30. The van der Waals surface area contributed by atoms with Crippen molar-refractivity contribution >= 4 is 46.3 Å². The quantitative estimate of drug-likeness (QED) is 0.330. The maximum atomic E-state index is 11.4. The largest absolute Gasteiger partial charge is 0.454 e. The summed E-state index contributed by atoms with van der Waals surface area (Å²) in [5.41, 5.74) is 1.07. The topological polar surface area (TPSA) is 145 Å². The number of halogens is 1. The number of carbonyl (C=O) groups excluding carboxylic acids is 1. The van der Waals surface area contributed by atoms with Crippen LogP contribution in [0.3, 0.4) is 0 Å². The predicted molar refractivity (Wildman–Crippen MR) is 145 cm³/mol. The summed E-state index contributed by atoms with van der Waals surface area (Å²) in [6.45, 7) is 6.48. The van der Waals surface area contributed by atoms with Crippen LogP contribution in [0.4, 0.5) is 17.6 Å². The van der Waals surface area contributed by atoms with E-state index in [2.05, 4.69) is 31.7 Å². The number of nitriles is 1. The zero-order valence-electron chi connectivity index (χ0n) is 22.0. The van der Waals surface area contributed by atoms with Crippen molar-refractivity contribution in [3.8, 4) is 17.6 Å². The first-order valence-electron chi connectivity index (χ1n) is 12.4. The molecule has 202 valence electrons. The smallest absolute Gasteiger partial charge is 0.222 e. The lowest BCUT2D eigenvalue weighted by Gasteiger charge is -2.27. The maximum absolute atomic E-state index is 11.4. The molecule has 13 heteroatoms. The zero-order valence-corrected chi connectivity index (χ0v) is 22.8. The van der Waals surface area contributed by atoms with Gasteiger partial charge in [0.1, 0.15) is 22.1 Å². The van der Waals surface area contributed by atoms with Crippen molar-refractivity contribution in [1.82, 2.24) is 29.3 Å². The number of nitrogens with zero attached hydrogens (tertiary/aromatic N) is 7. The molecule has 5 heterocycles. The van der Waals surface area contributed by atoms with Crippen molar-refractivity contribution < 1.29 is 14.3 Å². The third-order valence-electron chi connectivity index (χ3n) is 6.50. The molecular formula is C26H28ClN9O3. The van der Waals surface area contributed by atoms with E-state index in [9.17, 15) is 10.1 Å². The molecule has 0 aliphatic carbocycles. The average Bonchev–Trinajstić information content (AvgIpc) is 3.48. The van der Waals surface area contributed by atoms with Gasteiger partial charge in [0, 0.05) is 45.5 Å². The van der Waals surface area contributed by atoms with E-state index in [1.807, 2.05) is 31.6 Å². The minimum atomic E-state index is -0.735. The number of aryl methyl sites for hydroxylation is 1. The Balaban J connectivity index is 1.45.